The molecule has 1 heterocycles. The molecule has 0 saturated heterocycles. The molecule has 0 saturated carbocycles. The van der Waals surface area contributed by atoms with Gasteiger partial charge in [-0.25, -0.2) is 9.97 Å². The van der Waals surface area contributed by atoms with Crippen LogP contribution in [0, 0.1) is 0 Å². The summed E-state index contributed by atoms with van der Waals surface area (Å²) in [6.07, 6.45) is 5.32. The van der Waals surface area contributed by atoms with Crippen LogP contribution in [0.3, 0.4) is 0 Å². The Morgan fingerprint density at radius 2 is 1.68 bits per heavy atom. The van der Waals surface area contributed by atoms with Gasteiger partial charge in [-0.15, -0.1) is 0 Å². The first-order chi connectivity index (χ1) is 9.08. The number of aromatic nitrogens is 2. The smallest absolute Gasteiger partial charge is 0.159 e. The number of nitrogens with two attached hydrogens (primary N) is 1. The number of rotatable bonds is 4. The van der Waals surface area contributed by atoms with Gasteiger partial charge >= 0.3 is 0 Å². The second kappa shape index (κ2) is 6.33. The summed E-state index contributed by atoms with van der Waals surface area (Å²) in [4.78, 5) is 8.67. The van der Waals surface area contributed by atoms with Gasteiger partial charge in [-0.1, -0.05) is 30.1 Å². The van der Waals surface area contributed by atoms with E-state index in [9.17, 15) is 0 Å². The molecule has 3 nitrogen and oxygen atoms in total. The third kappa shape index (κ3) is 3.90. The molecule has 2 N–H and O–H groups in total. The molecule has 0 aliphatic rings. The molecule has 1 atom stereocenters. The summed E-state index contributed by atoms with van der Waals surface area (Å²) in [6.45, 7) is 2.06. The van der Waals surface area contributed by atoms with Gasteiger partial charge in [0.05, 0.1) is 0 Å². The summed E-state index contributed by atoms with van der Waals surface area (Å²) in [5, 5.41) is 1.14. The van der Waals surface area contributed by atoms with Crippen molar-refractivity contribution >= 4 is 23.2 Å². The quantitative estimate of drug-likeness (QED) is 0.935. The lowest BCUT2D eigenvalue weighted by molar-refractivity contribution is 0.643. The van der Waals surface area contributed by atoms with Gasteiger partial charge in [-0.3, -0.25) is 0 Å². The van der Waals surface area contributed by atoms with Crippen LogP contribution in [0.15, 0.2) is 30.6 Å². The van der Waals surface area contributed by atoms with Crippen LogP contribution >= 0.6 is 23.2 Å². The van der Waals surface area contributed by atoms with Crippen molar-refractivity contribution in [3.8, 4) is 11.4 Å². The van der Waals surface area contributed by atoms with Crippen LogP contribution in [0.25, 0.3) is 11.4 Å². The Hall–Kier alpha value is -1.16. The van der Waals surface area contributed by atoms with Crippen molar-refractivity contribution in [2.75, 3.05) is 0 Å². The molecular weight excluding hydrogens is 281 g/mol. The fourth-order valence-electron chi connectivity index (χ4n) is 1.74. The Morgan fingerprint density at radius 3 is 2.21 bits per heavy atom. The zero-order valence-corrected chi connectivity index (χ0v) is 12.1. The van der Waals surface area contributed by atoms with Crippen molar-refractivity contribution in [3.63, 3.8) is 0 Å². The van der Waals surface area contributed by atoms with Crippen molar-refractivity contribution in [1.29, 1.82) is 0 Å². The summed E-state index contributed by atoms with van der Waals surface area (Å²) in [7, 11) is 0. The minimum absolute atomic E-state index is 0.148. The third-order valence-electron chi connectivity index (χ3n) is 2.85. The summed E-state index contributed by atoms with van der Waals surface area (Å²) >= 11 is 11.9. The first-order valence-electron chi connectivity index (χ1n) is 6.11. The molecule has 0 fully saturated rings. The van der Waals surface area contributed by atoms with Gasteiger partial charge in [0.1, 0.15) is 0 Å². The molecule has 1 unspecified atom stereocenters. The molecule has 1 aromatic heterocycles. The maximum absolute atomic E-state index is 5.96. The van der Waals surface area contributed by atoms with Crippen LogP contribution in [0.5, 0.6) is 0 Å². The average Bonchev–Trinajstić information content (AvgIpc) is 2.38. The normalized spacial score (nSPS) is 12.4. The molecule has 1 aromatic carbocycles. The molecule has 0 amide bonds. The third-order valence-corrected chi connectivity index (χ3v) is 3.28. The van der Waals surface area contributed by atoms with Gasteiger partial charge < -0.3 is 5.73 Å². The summed E-state index contributed by atoms with van der Waals surface area (Å²) in [5.41, 5.74) is 7.75. The number of benzene rings is 1. The van der Waals surface area contributed by atoms with E-state index in [2.05, 4.69) is 16.9 Å². The predicted octanol–water partition coefficient (Wildman–Crippen LogP) is 3.73. The van der Waals surface area contributed by atoms with E-state index in [1.807, 2.05) is 0 Å². The first-order valence-corrected chi connectivity index (χ1v) is 6.87. The second-order valence-electron chi connectivity index (χ2n) is 4.45. The molecule has 0 radical (unpaired) electrons. The first kappa shape index (κ1) is 14.3. The fraction of sp³-hybridized carbons (Fsp3) is 0.286. The topological polar surface area (TPSA) is 51.8 Å². The Labute approximate surface area is 122 Å². The van der Waals surface area contributed by atoms with E-state index in [4.69, 9.17) is 28.9 Å². The summed E-state index contributed by atoms with van der Waals surface area (Å²) in [6, 6.07) is 5.41. The molecule has 0 bridgehead atoms. The van der Waals surface area contributed by atoms with Gasteiger partial charge in [0, 0.05) is 34.0 Å². The second-order valence-corrected chi connectivity index (χ2v) is 5.32. The largest absolute Gasteiger partial charge is 0.327 e. The van der Waals surface area contributed by atoms with E-state index in [1.165, 1.54) is 0 Å². The fourth-order valence-corrected chi connectivity index (χ4v) is 2.27. The Morgan fingerprint density at radius 1 is 1.11 bits per heavy atom. The van der Waals surface area contributed by atoms with Crippen molar-refractivity contribution in [2.24, 2.45) is 5.73 Å². The van der Waals surface area contributed by atoms with Crippen molar-refractivity contribution in [2.45, 2.75) is 25.8 Å². The maximum Gasteiger partial charge on any atom is 0.159 e. The van der Waals surface area contributed by atoms with E-state index in [0.29, 0.717) is 15.9 Å². The average molecular weight is 296 g/mol. The Kier molecular flexibility index (Phi) is 4.75. The molecule has 5 heteroatoms. The lowest BCUT2D eigenvalue weighted by atomic mass is 10.1. The molecule has 0 spiro atoms. The minimum atomic E-state index is 0.148. The zero-order valence-electron chi connectivity index (χ0n) is 10.6. The van der Waals surface area contributed by atoms with E-state index < -0.39 is 0 Å². The van der Waals surface area contributed by atoms with Crippen LogP contribution in [0.1, 0.15) is 18.9 Å². The molecular formula is C14H15Cl2N3. The Balaban J connectivity index is 2.22. The van der Waals surface area contributed by atoms with E-state index in [0.717, 1.165) is 24.0 Å². The lowest BCUT2D eigenvalue weighted by Gasteiger charge is -2.08. The van der Waals surface area contributed by atoms with Gasteiger partial charge in [-0.05, 0) is 36.6 Å². The number of hydrogen-bond donors (Lipinski definition) is 1. The van der Waals surface area contributed by atoms with Crippen molar-refractivity contribution in [3.05, 3.63) is 46.2 Å². The highest BCUT2D eigenvalue weighted by molar-refractivity contribution is 6.35. The van der Waals surface area contributed by atoms with Gasteiger partial charge in [0.25, 0.3) is 0 Å². The summed E-state index contributed by atoms with van der Waals surface area (Å²) in [5.74, 6) is 0.609. The van der Waals surface area contributed by atoms with Gasteiger partial charge in [-0.2, -0.15) is 0 Å². The van der Waals surface area contributed by atoms with Gasteiger partial charge in [0.15, 0.2) is 5.82 Å². The monoisotopic (exact) mass is 295 g/mol. The van der Waals surface area contributed by atoms with Crippen molar-refractivity contribution in [1.82, 2.24) is 9.97 Å². The maximum atomic E-state index is 5.96. The van der Waals surface area contributed by atoms with Crippen molar-refractivity contribution < 1.29 is 0 Å². The van der Waals surface area contributed by atoms with Crippen LogP contribution in [-0.2, 0) is 6.42 Å². The molecule has 19 heavy (non-hydrogen) atoms. The van der Waals surface area contributed by atoms with Crippen LogP contribution in [0.4, 0.5) is 0 Å². The predicted molar refractivity (Wildman–Crippen MR) is 79.5 cm³/mol. The van der Waals surface area contributed by atoms with Crippen LogP contribution in [0.2, 0.25) is 10.0 Å². The number of halogens is 2. The summed E-state index contributed by atoms with van der Waals surface area (Å²) < 4.78 is 0. The minimum Gasteiger partial charge on any atom is -0.327 e. The highest BCUT2D eigenvalue weighted by Gasteiger charge is 2.06. The SMILES string of the molecule is CCC(N)Cc1cnc(-c2cc(Cl)cc(Cl)c2)nc1. The van der Waals surface area contributed by atoms with E-state index in [-0.39, 0.29) is 6.04 Å². The standard InChI is InChI=1S/C14H15Cl2N3/c1-2-13(17)3-9-7-18-14(19-8-9)10-4-11(15)6-12(16)5-10/h4-8,13H,2-3,17H2,1H3. The van der Waals surface area contributed by atoms with Gasteiger partial charge in [0.2, 0.25) is 0 Å². The molecule has 2 rings (SSSR count). The Bertz CT molecular complexity index is 535. The zero-order chi connectivity index (χ0) is 13.8. The molecule has 100 valence electrons. The molecule has 0 aliphatic heterocycles. The molecule has 0 aliphatic carbocycles. The van der Waals surface area contributed by atoms with Crippen LogP contribution < -0.4 is 5.73 Å². The number of nitrogens with zero attached hydrogens (tertiary/aromatic N) is 2. The highest BCUT2D eigenvalue weighted by atomic mass is 35.5. The van der Waals surface area contributed by atoms with E-state index >= 15 is 0 Å². The number of hydrogen-bond acceptors (Lipinski definition) is 3. The van der Waals surface area contributed by atoms with E-state index in [1.54, 1.807) is 30.6 Å². The molecule has 2 aromatic rings. The highest BCUT2D eigenvalue weighted by Crippen LogP contribution is 2.24. The lowest BCUT2D eigenvalue weighted by Crippen LogP contribution is -2.21. The van der Waals surface area contributed by atoms with Crippen LogP contribution in [-0.4, -0.2) is 16.0 Å².